The summed E-state index contributed by atoms with van der Waals surface area (Å²) >= 11 is 3.42. The van der Waals surface area contributed by atoms with Crippen LogP contribution in [0.3, 0.4) is 0 Å². The van der Waals surface area contributed by atoms with E-state index in [0.717, 1.165) is 28.9 Å². The number of alkyl halides is 1. The second kappa shape index (κ2) is 7.67. The average molecular weight is 304 g/mol. The Bertz CT molecular complexity index is 344. The lowest BCUT2D eigenvalue weighted by molar-refractivity contribution is 0.269. The van der Waals surface area contributed by atoms with Crippen LogP contribution < -0.4 is 10.1 Å². The molecule has 0 fully saturated rings. The molecule has 17 heavy (non-hydrogen) atoms. The molecule has 0 amide bonds. The van der Waals surface area contributed by atoms with Crippen LogP contribution in [-0.4, -0.2) is 19.8 Å². The second-order valence-corrected chi connectivity index (χ2v) is 5.14. The molecule has 96 valence electrons. The molecule has 0 heterocycles. The van der Waals surface area contributed by atoms with Gasteiger partial charge in [0, 0.05) is 12.1 Å². The van der Waals surface area contributed by atoms with E-state index in [2.05, 4.69) is 35.1 Å². The van der Waals surface area contributed by atoms with Crippen molar-refractivity contribution >= 4 is 15.9 Å². The highest BCUT2D eigenvalue weighted by atomic mass is 79.9. The highest BCUT2D eigenvalue weighted by molar-refractivity contribution is 9.10. The van der Waals surface area contributed by atoms with Crippen LogP contribution in [0.1, 0.15) is 19.4 Å². The smallest absolute Gasteiger partial charge is 0.138 e. The molecule has 0 unspecified atom stereocenters. The van der Waals surface area contributed by atoms with Crippen molar-refractivity contribution in [1.82, 2.24) is 5.32 Å². The van der Waals surface area contributed by atoms with Gasteiger partial charge in [0.15, 0.2) is 0 Å². The molecule has 0 spiro atoms. The third-order valence-corrected chi connectivity index (χ3v) is 2.86. The zero-order valence-corrected chi connectivity index (χ0v) is 11.9. The molecule has 0 atom stereocenters. The average Bonchev–Trinajstić information content (AvgIpc) is 2.28. The first kappa shape index (κ1) is 14.5. The summed E-state index contributed by atoms with van der Waals surface area (Å²) in [6.45, 7) is 5.64. The van der Waals surface area contributed by atoms with Crippen molar-refractivity contribution in [1.29, 1.82) is 0 Å². The van der Waals surface area contributed by atoms with Gasteiger partial charge in [-0.2, -0.15) is 0 Å². The number of benzene rings is 1. The van der Waals surface area contributed by atoms with E-state index in [-0.39, 0.29) is 6.61 Å². The van der Waals surface area contributed by atoms with Crippen LogP contribution in [-0.2, 0) is 6.54 Å². The van der Waals surface area contributed by atoms with Gasteiger partial charge in [0.25, 0.3) is 0 Å². The topological polar surface area (TPSA) is 21.3 Å². The van der Waals surface area contributed by atoms with Gasteiger partial charge in [-0.05, 0) is 34.5 Å². The first-order valence-corrected chi connectivity index (χ1v) is 6.61. The minimum atomic E-state index is -0.472. The summed E-state index contributed by atoms with van der Waals surface area (Å²) in [6, 6.07) is 5.85. The lowest BCUT2D eigenvalue weighted by atomic mass is 10.2. The zero-order chi connectivity index (χ0) is 12.7. The van der Waals surface area contributed by atoms with Gasteiger partial charge in [-0.15, -0.1) is 0 Å². The minimum Gasteiger partial charge on any atom is -0.489 e. The summed E-state index contributed by atoms with van der Waals surface area (Å²) in [7, 11) is 0. The molecular weight excluding hydrogens is 285 g/mol. The monoisotopic (exact) mass is 303 g/mol. The van der Waals surface area contributed by atoms with Crippen LogP contribution in [0.5, 0.6) is 5.75 Å². The van der Waals surface area contributed by atoms with Crippen LogP contribution in [0.15, 0.2) is 22.7 Å². The third kappa shape index (κ3) is 5.04. The normalized spacial score (nSPS) is 10.9. The molecule has 2 nitrogen and oxygen atoms in total. The molecule has 0 bridgehead atoms. The molecule has 4 heteroatoms. The lowest BCUT2D eigenvalue weighted by Crippen LogP contribution is -2.19. The Morgan fingerprint density at radius 2 is 2.18 bits per heavy atom. The van der Waals surface area contributed by atoms with Gasteiger partial charge in [-0.1, -0.05) is 26.0 Å². The second-order valence-electron chi connectivity index (χ2n) is 4.29. The number of ether oxygens (including phenoxy) is 1. The van der Waals surface area contributed by atoms with Crippen LogP contribution >= 0.6 is 15.9 Å². The van der Waals surface area contributed by atoms with Crippen molar-refractivity contribution < 1.29 is 9.13 Å². The summed E-state index contributed by atoms with van der Waals surface area (Å²) in [6.07, 6.45) is 0. The quantitative estimate of drug-likeness (QED) is 0.832. The Hall–Kier alpha value is -0.610. The maximum absolute atomic E-state index is 12.1. The predicted octanol–water partition coefficient (Wildman–Crippen LogP) is 3.54. The molecule has 0 radical (unpaired) electrons. The third-order valence-electron chi connectivity index (χ3n) is 2.24. The number of nitrogens with one attached hydrogen (secondary N) is 1. The Morgan fingerprint density at radius 3 is 2.82 bits per heavy atom. The summed E-state index contributed by atoms with van der Waals surface area (Å²) in [5.41, 5.74) is 1.05. The number of rotatable bonds is 7. The van der Waals surface area contributed by atoms with Crippen LogP contribution in [0.4, 0.5) is 4.39 Å². The predicted molar refractivity (Wildman–Crippen MR) is 72.2 cm³/mol. The molecule has 1 N–H and O–H groups in total. The molecule has 0 saturated heterocycles. The Morgan fingerprint density at radius 1 is 1.41 bits per heavy atom. The largest absolute Gasteiger partial charge is 0.489 e. The summed E-state index contributed by atoms with van der Waals surface area (Å²) in [5.74, 6) is 1.35. The van der Waals surface area contributed by atoms with E-state index < -0.39 is 6.67 Å². The lowest BCUT2D eigenvalue weighted by Gasteiger charge is -2.13. The van der Waals surface area contributed by atoms with E-state index >= 15 is 0 Å². The van der Waals surface area contributed by atoms with Crippen LogP contribution in [0, 0.1) is 5.92 Å². The fraction of sp³-hybridized carbons (Fsp3) is 0.538. The van der Waals surface area contributed by atoms with Crippen molar-refractivity contribution in [3.8, 4) is 5.75 Å². The number of hydrogen-bond acceptors (Lipinski definition) is 2. The van der Waals surface area contributed by atoms with Crippen molar-refractivity contribution in [2.24, 2.45) is 5.92 Å². The number of hydrogen-bond donors (Lipinski definition) is 1. The molecule has 1 rings (SSSR count). The van der Waals surface area contributed by atoms with Gasteiger partial charge in [-0.25, -0.2) is 4.39 Å². The first-order chi connectivity index (χ1) is 8.15. The van der Waals surface area contributed by atoms with Crippen molar-refractivity contribution in [3.63, 3.8) is 0 Å². The molecular formula is C13H19BrFNO. The van der Waals surface area contributed by atoms with E-state index in [1.54, 1.807) is 0 Å². The van der Waals surface area contributed by atoms with Gasteiger partial charge in [0.1, 0.15) is 19.0 Å². The minimum absolute atomic E-state index is 0.0970. The van der Waals surface area contributed by atoms with E-state index in [9.17, 15) is 4.39 Å². The SMILES string of the molecule is CC(C)CNCc1cccc(Br)c1OCCF. The first-order valence-electron chi connectivity index (χ1n) is 5.82. The van der Waals surface area contributed by atoms with Crippen molar-refractivity contribution in [3.05, 3.63) is 28.2 Å². The fourth-order valence-electron chi connectivity index (χ4n) is 1.49. The molecule has 0 aliphatic heterocycles. The molecule has 0 aliphatic carbocycles. The molecule has 0 saturated carbocycles. The summed E-state index contributed by atoms with van der Waals surface area (Å²) < 4.78 is 18.4. The molecule has 1 aromatic carbocycles. The van der Waals surface area contributed by atoms with E-state index in [4.69, 9.17) is 4.74 Å². The number of halogens is 2. The highest BCUT2D eigenvalue weighted by Crippen LogP contribution is 2.29. The fourth-order valence-corrected chi connectivity index (χ4v) is 2.01. The maximum atomic E-state index is 12.1. The molecule has 0 aromatic heterocycles. The Balaban J connectivity index is 2.65. The van der Waals surface area contributed by atoms with Crippen molar-refractivity contribution in [2.75, 3.05) is 19.8 Å². The summed E-state index contributed by atoms with van der Waals surface area (Å²) in [4.78, 5) is 0. The maximum Gasteiger partial charge on any atom is 0.138 e. The highest BCUT2D eigenvalue weighted by Gasteiger charge is 2.07. The van der Waals surface area contributed by atoms with Crippen molar-refractivity contribution in [2.45, 2.75) is 20.4 Å². The van der Waals surface area contributed by atoms with Gasteiger partial charge < -0.3 is 10.1 Å². The standard InChI is InChI=1S/C13H19BrFNO/c1-10(2)8-16-9-11-4-3-5-12(14)13(11)17-7-6-15/h3-5,10,16H,6-9H2,1-2H3. The molecule has 0 aliphatic rings. The van der Waals surface area contributed by atoms with Crippen LogP contribution in [0.25, 0.3) is 0 Å². The van der Waals surface area contributed by atoms with Crippen LogP contribution in [0.2, 0.25) is 0 Å². The van der Waals surface area contributed by atoms with Gasteiger partial charge in [0.05, 0.1) is 4.47 Å². The zero-order valence-electron chi connectivity index (χ0n) is 10.3. The van der Waals surface area contributed by atoms with E-state index in [0.29, 0.717) is 5.92 Å². The van der Waals surface area contributed by atoms with E-state index in [1.807, 2.05) is 18.2 Å². The Kier molecular flexibility index (Phi) is 6.52. The Labute approximate surface area is 111 Å². The van der Waals surface area contributed by atoms with Gasteiger partial charge >= 0.3 is 0 Å². The number of para-hydroxylation sites is 1. The van der Waals surface area contributed by atoms with Gasteiger partial charge in [0.2, 0.25) is 0 Å². The van der Waals surface area contributed by atoms with Gasteiger partial charge in [-0.3, -0.25) is 0 Å². The molecule has 1 aromatic rings. The summed E-state index contributed by atoms with van der Waals surface area (Å²) in [5, 5.41) is 3.35. The van der Waals surface area contributed by atoms with E-state index in [1.165, 1.54) is 0 Å².